The summed E-state index contributed by atoms with van der Waals surface area (Å²) in [6.07, 6.45) is -2.85. The zero-order valence-electron chi connectivity index (χ0n) is 11.1. The van der Waals surface area contributed by atoms with E-state index in [1.807, 2.05) is 16.8 Å². The Balaban J connectivity index is 1.70. The van der Waals surface area contributed by atoms with Crippen molar-refractivity contribution in [1.29, 1.82) is 0 Å². The van der Waals surface area contributed by atoms with Crippen LogP contribution < -0.4 is 5.32 Å². The van der Waals surface area contributed by atoms with Crippen LogP contribution in [0.1, 0.15) is 29.5 Å². The molecule has 0 spiro atoms. The van der Waals surface area contributed by atoms with Gasteiger partial charge >= 0.3 is 12.2 Å². The van der Waals surface area contributed by atoms with Gasteiger partial charge in [0.1, 0.15) is 0 Å². The highest BCUT2D eigenvalue weighted by Crippen LogP contribution is 2.35. The number of carbonyl (C=O) groups is 1. The van der Waals surface area contributed by atoms with Crippen LogP contribution in [0, 0.1) is 0 Å². The summed E-state index contributed by atoms with van der Waals surface area (Å²) in [7, 11) is 0. The molecule has 5 nitrogen and oxygen atoms in total. The molecule has 1 atom stereocenters. The van der Waals surface area contributed by atoms with Crippen LogP contribution in [0.4, 0.5) is 23.1 Å². The van der Waals surface area contributed by atoms with E-state index in [9.17, 15) is 18.0 Å². The van der Waals surface area contributed by atoms with Crippen molar-refractivity contribution in [3.63, 3.8) is 0 Å². The lowest BCUT2D eigenvalue weighted by Crippen LogP contribution is -2.34. The van der Waals surface area contributed by atoms with Gasteiger partial charge in [0.05, 0.1) is 6.04 Å². The summed E-state index contributed by atoms with van der Waals surface area (Å²) < 4.78 is 37.4. The maximum Gasteiger partial charge on any atom is 0.445 e. The first-order valence-electron chi connectivity index (χ1n) is 6.45. The molecule has 1 saturated heterocycles. The molecule has 1 aliphatic rings. The summed E-state index contributed by atoms with van der Waals surface area (Å²) in [6.45, 7) is 0.567. The van der Waals surface area contributed by atoms with Crippen molar-refractivity contribution < 1.29 is 18.0 Å². The van der Waals surface area contributed by atoms with Crippen LogP contribution in [0.2, 0.25) is 0 Å². The molecule has 118 valence electrons. The van der Waals surface area contributed by atoms with Gasteiger partial charge in [-0.1, -0.05) is 11.3 Å². The van der Waals surface area contributed by atoms with Gasteiger partial charge in [-0.2, -0.15) is 24.5 Å². The molecule has 2 amide bonds. The standard InChI is InChI=1S/C12H11F3N4OS2/c13-12(14,15)9-17-18-10(22-9)16-11(20)19-4-1-2-8(19)7-3-5-21-6-7/h3,5-6,8H,1-2,4H2,(H,16,18,20). The first kappa shape index (κ1) is 15.2. The number of halogens is 3. The number of nitrogens with zero attached hydrogens (tertiary/aromatic N) is 3. The third kappa shape index (κ3) is 3.07. The average molecular weight is 348 g/mol. The van der Waals surface area contributed by atoms with Crippen molar-refractivity contribution >= 4 is 33.8 Å². The van der Waals surface area contributed by atoms with Crippen molar-refractivity contribution in [1.82, 2.24) is 15.1 Å². The second kappa shape index (κ2) is 5.84. The molecular formula is C12H11F3N4OS2. The lowest BCUT2D eigenvalue weighted by molar-refractivity contribution is -0.138. The largest absolute Gasteiger partial charge is 0.445 e. The molecule has 0 aromatic carbocycles. The predicted octanol–water partition coefficient (Wildman–Crippen LogP) is 3.99. The van der Waals surface area contributed by atoms with Gasteiger partial charge in [-0.25, -0.2) is 4.79 Å². The number of urea groups is 1. The van der Waals surface area contributed by atoms with Crippen molar-refractivity contribution in [2.24, 2.45) is 0 Å². The molecule has 0 saturated carbocycles. The molecule has 0 aliphatic carbocycles. The summed E-state index contributed by atoms with van der Waals surface area (Å²) in [6, 6.07) is 1.47. The molecule has 2 aromatic heterocycles. The lowest BCUT2D eigenvalue weighted by atomic mass is 10.1. The minimum absolute atomic E-state index is 0.0405. The van der Waals surface area contributed by atoms with Gasteiger partial charge in [0.25, 0.3) is 0 Å². The Morgan fingerprint density at radius 1 is 1.41 bits per heavy atom. The number of hydrogen-bond donors (Lipinski definition) is 1. The number of anilines is 1. The first-order chi connectivity index (χ1) is 10.4. The Labute approximate surface area is 131 Å². The summed E-state index contributed by atoms with van der Waals surface area (Å²) in [4.78, 5) is 13.9. The van der Waals surface area contributed by atoms with Gasteiger partial charge in [-0.3, -0.25) is 5.32 Å². The zero-order valence-corrected chi connectivity index (χ0v) is 12.8. The first-order valence-corrected chi connectivity index (χ1v) is 8.21. The molecule has 22 heavy (non-hydrogen) atoms. The monoisotopic (exact) mass is 348 g/mol. The number of hydrogen-bond acceptors (Lipinski definition) is 5. The Kier molecular flexibility index (Phi) is 4.04. The average Bonchev–Trinajstić information content (AvgIpc) is 3.18. The van der Waals surface area contributed by atoms with Gasteiger partial charge in [-0.15, -0.1) is 10.2 Å². The van der Waals surface area contributed by atoms with Crippen molar-refractivity contribution in [3.05, 3.63) is 27.4 Å². The van der Waals surface area contributed by atoms with E-state index >= 15 is 0 Å². The summed E-state index contributed by atoms with van der Waals surface area (Å²) in [5, 5.41) is 11.5. The molecule has 1 N–H and O–H groups in total. The van der Waals surface area contributed by atoms with Crippen LogP contribution in [0.25, 0.3) is 0 Å². The van der Waals surface area contributed by atoms with Gasteiger partial charge in [0.15, 0.2) is 0 Å². The van der Waals surface area contributed by atoms with E-state index in [2.05, 4.69) is 15.5 Å². The fraction of sp³-hybridized carbons (Fsp3) is 0.417. The number of likely N-dealkylation sites (tertiary alicyclic amines) is 1. The number of nitrogens with one attached hydrogen (secondary N) is 1. The molecule has 1 aliphatic heterocycles. The normalized spacial score (nSPS) is 18.7. The van der Waals surface area contributed by atoms with E-state index < -0.39 is 17.2 Å². The van der Waals surface area contributed by atoms with Crippen LogP contribution in [-0.2, 0) is 6.18 Å². The Bertz CT molecular complexity index is 656. The molecule has 3 heterocycles. The summed E-state index contributed by atoms with van der Waals surface area (Å²) in [5.74, 6) is 0. The number of amides is 2. The van der Waals surface area contributed by atoms with Crippen molar-refractivity contribution in [2.75, 3.05) is 11.9 Å². The maximum atomic E-state index is 12.5. The maximum absolute atomic E-state index is 12.5. The van der Waals surface area contributed by atoms with Crippen LogP contribution in [0.15, 0.2) is 16.8 Å². The Hall–Kier alpha value is -1.68. The second-order valence-corrected chi connectivity index (χ2v) is 6.51. The van der Waals surface area contributed by atoms with E-state index in [1.54, 1.807) is 16.2 Å². The molecule has 10 heteroatoms. The Morgan fingerprint density at radius 2 is 2.23 bits per heavy atom. The van der Waals surface area contributed by atoms with E-state index in [4.69, 9.17) is 0 Å². The van der Waals surface area contributed by atoms with Crippen LogP contribution >= 0.6 is 22.7 Å². The number of alkyl halides is 3. The third-order valence-electron chi connectivity index (χ3n) is 3.32. The topological polar surface area (TPSA) is 58.1 Å². The molecule has 0 bridgehead atoms. The highest BCUT2D eigenvalue weighted by molar-refractivity contribution is 7.15. The van der Waals surface area contributed by atoms with Crippen molar-refractivity contribution in [3.8, 4) is 0 Å². The Morgan fingerprint density at radius 3 is 2.86 bits per heavy atom. The van der Waals surface area contributed by atoms with Gasteiger partial charge < -0.3 is 4.90 Å². The second-order valence-electron chi connectivity index (χ2n) is 4.75. The molecule has 3 rings (SSSR count). The fourth-order valence-corrected chi connectivity index (χ4v) is 3.68. The highest BCUT2D eigenvalue weighted by atomic mass is 32.1. The van der Waals surface area contributed by atoms with Gasteiger partial charge in [-0.05, 0) is 35.2 Å². The van der Waals surface area contributed by atoms with E-state index in [-0.39, 0.29) is 11.2 Å². The van der Waals surface area contributed by atoms with Crippen LogP contribution in [-0.4, -0.2) is 27.7 Å². The van der Waals surface area contributed by atoms with Crippen LogP contribution in [0.5, 0.6) is 0 Å². The lowest BCUT2D eigenvalue weighted by Gasteiger charge is -2.23. The van der Waals surface area contributed by atoms with Gasteiger partial charge in [0.2, 0.25) is 10.1 Å². The quantitative estimate of drug-likeness (QED) is 0.893. The van der Waals surface area contributed by atoms with E-state index in [0.29, 0.717) is 17.9 Å². The minimum Gasteiger partial charge on any atom is -0.317 e. The number of thiophene rings is 1. The third-order valence-corrected chi connectivity index (χ3v) is 4.91. The van der Waals surface area contributed by atoms with E-state index in [0.717, 1.165) is 18.4 Å². The minimum atomic E-state index is -4.55. The smallest absolute Gasteiger partial charge is 0.317 e. The predicted molar refractivity (Wildman–Crippen MR) is 76.9 cm³/mol. The van der Waals surface area contributed by atoms with Crippen molar-refractivity contribution in [2.45, 2.75) is 25.1 Å². The summed E-state index contributed by atoms with van der Waals surface area (Å²) in [5.41, 5.74) is 1.05. The van der Waals surface area contributed by atoms with Gasteiger partial charge in [0, 0.05) is 6.54 Å². The molecule has 2 aromatic rings. The molecular weight excluding hydrogens is 337 g/mol. The highest BCUT2D eigenvalue weighted by Gasteiger charge is 2.36. The number of carbonyl (C=O) groups excluding carboxylic acids is 1. The molecule has 0 radical (unpaired) electrons. The summed E-state index contributed by atoms with van der Waals surface area (Å²) >= 11 is 1.87. The molecule has 1 fully saturated rings. The number of rotatable bonds is 2. The van der Waals surface area contributed by atoms with E-state index in [1.165, 1.54) is 0 Å². The number of aromatic nitrogens is 2. The van der Waals surface area contributed by atoms with Crippen LogP contribution in [0.3, 0.4) is 0 Å². The molecule has 1 unspecified atom stereocenters. The fourth-order valence-electron chi connectivity index (χ4n) is 2.37. The zero-order chi connectivity index (χ0) is 15.7. The SMILES string of the molecule is O=C(Nc1nnc(C(F)(F)F)s1)N1CCCC1c1ccsc1.